The molecule has 0 aromatic rings. The Morgan fingerprint density at radius 1 is 1.29 bits per heavy atom. The quantitative estimate of drug-likeness (QED) is 0.785. The minimum atomic E-state index is -0.797. The molecule has 6 nitrogen and oxygen atoms in total. The summed E-state index contributed by atoms with van der Waals surface area (Å²) in [5, 5.41) is 12.4. The van der Waals surface area contributed by atoms with Gasteiger partial charge in [-0.1, -0.05) is 13.3 Å². The first kappa shape index (κ1) is 16.2. The highest BCUT2D eigenvalue weighted by atomic mass is 16.4. The van der Waals surface area contributed by atoms with E-state index in [0.717, 1.165) is 25.8 Å². The Morgan fingerprint density at radius 3 is 2.52 bits per heavy atom. The van der Waals surface area contributed by atoms with E-state index in [0.29, 0.717) is 32.1 Å². The third-order valence-corrected chi connectivity index (χ3v) is 4.92. The van der Waals surface area contributed by atoms with Crippen molar-refractivity contribution in [3.05, 3.63) is 0 Å². The fourth-order valence-electron chi connectivity index (χ4n) is 3.26. The van der Waals surface area contributed by atoms with Crippen molar-refractivity contribution < 1.29 is 14.7 Å². The van der Waals surface area contributed by atoms with E-state index < -0.39 is 12.0 Å². The molecule has 0 aromatic heterocycles. The van der Waals surface area contributed by atoms with E-state index in [1.165, 1.54) is 0 Å². The van der Waals surface area contributed by atoms with Crippen molar-refractivity contribution in [3.8, 4) is 0 Å². The molecule has 0 spiro atoms. The molecule has 2 heterocycles. The molecule has 120 valence electrons. The smallest absolute Gasteiger partial charge is 0.320 e. The van der Waals surface area contributed by atoms with Crippen molar-refractivity contribution in [1.29, 1.82) is 0 Å². The third-order valence-electron chi connectivity index (χ3n) is 4.92. The van der Waals surface area contributed by atoms with Gasteiger partial charge in [-0.2, -0.15) is 0 Å². The number of aliphatic carboxylic acids is 1. The largest absolute Gasteiger partial charge is 0.480 e. The number of hydrogen-bond acceptors (Lipinski definition) is 4. The zero-order valence-electron chi connectivity index (χ0n) is 13.0. The Morgan fingerprint density at radius 2 is 1.95 bits per heavy atom. The zero-order chi connectivity index (χ0) is 15.4. The van der Waals surface area contributed by atoms with Crippen LogP contribution in [0.4, 0.5) is 0 Å². The Kier molecular flexibility index (Phi) is 5.58. The van der Waals surface area contributed by atoms with Crippen LogP contribution in [0.5, 0.6) is 0 Å². The van der Waals surface area contributed by atoms with Crippen LogP contribution in [0.25, 0.3) is 0 Å². The topological polar surface area (TPSA) is 72.9 Å². The highest BCUT2D eigenvalue weighted by Crippen LogP contribution is 2.21. The molecule has 0 radical (unpaired) electrons. The molecule has 3 unspecified atom stereocenters. The van der Waals surface area contributed by atoms with Gasteiger partial charge in [0.25, 0.3) is 0 Å². The standard InChI is InChI=1S/C15H27N3O3/c1-3-12-4-5-16-13(10-12)14(19)18-8-6-17(7-9-18)11(2)15(20)21/h11-13,16H,3-10H2,1-2H3,(H,20,21). The van der Waals surface area contributed by atoms with Crippen molar-refractivity contribution in [2.24, 2.45) is 5.92 Å². The molecule has 0 aliphatic carbocycles. The van der Waals surface area contributed by atoms with Gasteiger partial charge < -0.3 is 15.3 Å². The Hall–Kier alpha value is -1.14. The lowest BCUT2D eigenvalue weighted by molar-refractivity contribution is -0.144. The van der Waals surface area contributed by atoms with Crippen LogP contribution in [-0.2, 0) is 9.59 Å². The summed E-state index contributed by atoms with van der Waals surface area (Å²) in [6, 6.07) is -0.522. The normalized spacial score (nSPS) is 29.1. The third kappa shape index (κ3) is 3.95. The average molecular weight is 297 g/mol. The Labute approximate surface area is 126 Å². The van der Waals surface area contributed by atoms with Crippen LogP contribution in [0, 0.1) is 5.92 Å². The predicted molar refractivity (Wildman–Crippen MR) is 80.1 cm³/mol. The molecule has 2 fully saturated rings. The minimum absolute atomic E-state index is 0.0489. The fourth-order valence-corrected chi connectivity index (χ4v) is 3.26. The number of nitrogens with one attached hydrogen (secondary N) is 1. The van der Waals surface area contributed by atoms with Gasteiger partial charge in [0.2, 0.25) is 5.91 Å². The Balaban J connectivity index is 1.84. The summed E-state index contributed by atoms with van der Waals surface area (Å²) in [5.41, 5.74) is 0. The summed E-state index contributed by atoms with van der Waals surface area (Å²) in [5.74, 6) is 0.0406. The molecule has 21 heavy (non-hydrogen) atoms. The molecule has 2 aliphatic rings. The molecule has 0 bridgehead atoms. The van der Waals surface area contributed by atoms with Gasteiger partial charge in [-0.15, -0.1) is 0 Å². The van der Waals surface area contributed by atoms with Gasteiger partial charge in [-0.05, 0) is 32.2 Å². The van der Waals surface area contributed by atoms with E-state index in [-0.39, 0.29) is 11.9 Å². The van der Waals surface area contributed by atoms with Gasteiger partial charge in [-0.3, -0.25) is 14.5 Å². The molecule has 0 saturated carbocycles. The summed E-state index contributed by atoms with van der Waals surface area (Å²) in [6.07, 6.45) is 3.22. The van der Waals surface area contributed by atoms with Gasteiger partial charge in [0.05, 0.1) is 6.04 Å². The average Bonchev–Trinajstić information content (AvgIpc) is 2.53. The molecule has 2 rings (SSSR count). The number of carboxylic acid groups (broad SMARTS) is 1. The van der Waals surface area contributed by atoms with Crippen molar-refractivity contribution in [2.75, 3.05) is 32.7 Å². The van der Waals surface area contributed by atoms with Crippen LogP contribution < -0.4 is 5.32 Å². The van der Waals surface area contributed by atoms with Gasteiger partial charge in [0.1, 0.15) is 6.04 Å². The maximum absolute atomic E-state index is 12.6. The number of amides is 1. The molecule has 2 N–H and O–H groups in total. The van der Waals surface area contributed by atoms with Crippen LogP contribution in [-0.4, -0.2) is 71.6 Å². The lowest BCUT2D eigenvalue weighted by Crippen LogP contribution is -2.57. The summed E-state index contributed by atoms with van der Waals surface area (Å²) < 4.78 is 0. The number of carbonyl (C=O) groups excluding carboxylic acids is 1. The van der Waals surface area contributed by atoms with Crippen LogP contribution in [0.15, 0.2) is 0 Å². The molecule has 6 heteroatoms. The predicted octanol–water partition coefficient (Wildman–Crippen LogP) is 0.382. The number of carbonyl (C=O) groups is 2. The summed E-state index contributed by atoms with van der Waals surface area (Å²) >= 11 is 0. The number of rotatable bonds is 4. The first-order chi connectivity index (χ1) is 10.0. The number of piperidine rings is 1. The lowest BCUT2D eigenvalue weighted by atomic mass is 9.90. The summed E-state index contributed by atoms with van der Waals surface area (Å²) in [4.78, 5) is 27.4. The first-order valence-corrected chi connectivity index (χ1v) is 8.02. The second-order valence-corrected chi connectivity index (χ2v) is 6.18. The highest BCUT2D eigenvalue weighted by molar-refractivity contribution is 5.82. The molecular formula is C15H27N3O3. The van der Waals surface area contributed by atoms with E-state index in [4.69, 9.17) is 5.11 Å². The number of carboxylic acids is 1. The van der Waals surface area contributed by atoms with Gasteiger partial charge in [0.15, 0.2) is 0 Å². The van der Waals surface area contributed by atoms with E-state index in [2.05, 4.69) is 12.2 Å². The summed E-state index contributed by atoms with van der Waals surface area (Å²) in [6.45, 7) is 7.35. The first-order valence-electron chi connectivity index (χ1n) is 8.02. The van der Waals surface area contributed by atoms with Crippen LogP contribution in [0.3, 0.4) is 0 Å². The fraction of sp³-hybridized carbons (Fsp3) is 0.867. The lowest BCUT2D eigenvalue weighted by Gasteiger charge is -2.39. The minimum Gasteiger partial charge on any atom is -0.480 e. The second-order valence-electron chi connectivity index (χ2n) is 6.18. The van der Waals surface area contributed by atoms with Gasteiger partial charge in [-0.25, -0.2) is 0 Å². The molecule has 2 saturated heterocycles. The summed E-state index contributed by atoms with van der Waals surface area (Å²) in [7, 11) is 0. The van der Waals surface area contributed by atoms with Crippen LogP contribution in [0.1, 0.15) is 33.1 Å². The van der Waals surface area contributed by atoms with Crippen molar-refractivity contribution >= 4 is 11.9 Å². The van der Waals surface area contributed by atoms with Crippen molar-refractivity contribution in [2.45, 2.75) is 45.2 Å². The SMILES string of the molecule is CCC1CCNC(C(=O)N2CCN(C(C)C(=O)O)CC2)C1. The maximum Gasteiger partial charge on any atom is 0.320 e. The highest BCUT2D eigenvalue weighted by Gasteiger charge is 2.32. The molecule has 3 atom stereocenters. The van der Waals surface area contributed by atoms with Crippen LogP contribution in [0.2, 0.25) is 0 Å². The second kappa shape index (κ2) is 7.22. The van der Waals surface area contributed by atoms with E-state index in [1.807, 2.05) is 9.80 Å². The van der Waals surface area contributed by atoms with E-state index >= 15 is 0 Å². The van der Waals surface area contributed by atoms with Gasteiger partial charge >= 0.3 is 5.97 Å². The zero-order valence-corrected chi connectivity index (χ0v) is 13.0. The van der Waals surface area contributed by atoms with E-state index in [9.17, 15) is 9.59 Å². The number of piperazine rings is 1. The molecule has 1 amide bonds. The van der Waals surface area contributed by atoms with Crippen molar-refractivity contribution in [3.63, 3.8) is 0 Å². The van der Waals surface area contributed by atoms with Crippen LogP contribution >= 0.6 is 0 Å². The molecule has 0 aromatic carbocycles. The van der Waals surface area contributed by atoms with Crippen molar-refractivity contribution in [1.82, 2.24) is 15.1 Å². The number of hydrogen-bond donors (Lipinski definition) is 2. The van der Waals surface area contributed by atoms with E-state index in [1.54, 1.807) is 6.92 Å². The maximum atomic E-state index is 12.6. The monoisotopic (exact) mass is 297 g/mol. The Bertz CT molecular complexity index is 380. The number of nitrogens with zero attached hydrogens (tertiary/aromatic N) is 2. The van der Waals surface area contributed by atoms with Gasteiger partial charge in [0, 0.05) is 26.2 Å². The molecular weight excluding hydrogens is 270 g/mol. The molecule has 2 aliphatic heterocycles.